The van der Waals surface area contributed by atoms with Gasteiger partial charge in [0.25, 0.3) is 0 Å². The molecular weight excluding hydrogens is 300 g/mol. The molecule has 1 N–H and O–H groups in total. The molecule has 0 aliphatic heterocycles. The Balaban J connectivity index is 1.90. The van der Waals surface area contributed by atoms with Crippen molar-refractivity contribution in [3.05, 3.63) is 63.6 Å². The van der Waals surface area contributed by atoms with E-state index in [1.54, 1.807) is 11.3 Å². The van der Waals surface area contributed by atoms with E-state index in [0.29, 0.717) is 0 Å². The Kier molecular flexibility index (Phi) is 4.24. The molecule has 108 valence electrons. The third kappa shape index (κ3) is 3.10. The lowest BCUT2D eigenvalue weighted by atomic mass is 9.99. The van der Waals surface area contributed by atoms with E-state index in [1.807, 2.05) is 25.2 Å². The van der Waals surface area contributed by atoms with Crippen molar-refractivity contribution in [2.24, 2.45) is 0 Å². The Morgan fingerprint density at radius 3 is 2.76 bits per heavy atom. The maximum absolute atomic E-state index is 6.05. The normalized spacial score (nSPS) is 12.7. The monoisotopic (exact) mass is 316 g/mol. The molecule has 3 rings (SSSR count). The first-order chi connectivity index (χ1) is 10.2. The summed E-state index contributed by atoms with van der Waals surface area (Å²) in [5.41, 5.74) is 3.57. The molecule has 0 aliphatic rings. The number of benzene rings is 2. The summed E-state index contributed by atoms with van der Waals surface area (Å²) in [5, 5.41) is 5.34. The van der Waals surface area contributed by atoms with E-state index >= 15 is 0 Å². The van der Waals surface area contributed by atoms with Gasteiger partial charge >= 0.3 is 0 Å². The molecular formula is C17H17ClN2S. The van der Waals surface area contributed by atoms with Crippen molar-refractivity contribution >= 4 is 33.2 Å². The van der Waals surface area contributed by atoms with Gasteiger partial charge in [-0.1, -0.05) is 29.8 Å². The summed E-state index contributed by atoms with van der Waals surface area (Å²) in [6.45, 7) is 2.10. The predicted molar refractivity (Wildman–Crippen MR) is 91.3 cm³/mol. The van der Waals surface area contributed by atoms with Gasteiger partial charge < -0.3 is 5.32 Å². The number of halogens is 1. The molecule has 1 unspecified atom stereocenters. The van der Waals surface area contributed by atoms with Crippen LogP contribution in [0.3, 0.4) is 0 Å². The van der Waals surface area contributed by atoms with E-state index in [0.717, 1.165) is 22.0 Å². The molecule has 0 saturated carbocycles. The van der Waals surface area contributed by atoms with Gasteiger partial charge in [-0.15, -0.1) is 11.3 Å². The zero-order valence-corrected chi connectivity index (χ0v) is 13.6. The van der Waals surface area contributed by atoms with Crippen LogP contribution in [0.4, 0.5) is 0 Å². The Hall–Kier alpha value is -1.42. The fraction of sp³-hybridized carbons (Fsp3) is 0.235. The SMILES string of the molecule is CNC(Cc1nc2ccccc2s1)c1ccc(Cl)cc1C. The number of hydrogen-bond donors (Lipinski definition) is 1. The number of para-hydroxylation sites is 1. The molecule has 1 heterocycles. The number of nitrogens with one attached hydrogen (secondary N) is 1. The van der Waals surface area contributed by atoms with Gasteiger partial charge in [-0.05, 0) is 49.4 Å². The highest BCUT2D eigenvalue weighted by molar-refractivity contribution is 7.18. The van der Waals surface area contributed by atoms with Gasteiger partial charge in [0.2, 0.25) is 0 Å². The predicted octanol–water partition coefficient (Wildman–Crippen LogP) is 4.76. The molecule has 2 aromatic carbocycles. The van der Waals surface area contributed by atoms with Gasteiger partial charge in [0.1, 0.15) is 0 Å². The second-order valence-corrected chi connectivity index (χ2v) is 6.67. The summed E-state index contributed by atoms with van der Waals surface area (Å²) >= 11 is 7.82. The van der Waals surface area contributed by atoms with Crippen LogP contribution in [0, 0.1) is 6.92 Å². The Morgan fingerprint density at radius 2 is 2.05 bits per heavy atom. The highest BCUT2D eigenvalue weighted by Gasteiger charge is 2.15. The van der Waals surface area contributed by atoms with Crippen LogP contribution in [-0.2, 0) is 6.42 Å². The van der Waals surface area contributed by atoms with Crippen molar-refractivity contribution in [1.29, 1.82) is 0 Å². The minimum absolute atomic E-state index is 0.253. The maximum Gasteiger partial charge on any atom is 0.0957 e. The fourth-order valence-electron chi connectivity index (χ4n) is 2.58. The van der Waals surface area contributed by atoms with Crippen LogP contribution < -0.4 is 5.32 Å². The highest BCUT2D eigenvalue weighted by Crippen LogP contribution is 2.28. The Labute approximate surface area is 133 Å². The van der Waals surface area contributed by atoms with Crippen LogP contribution in [0.1, 0.15) is 22.2 Å². The summed E-state index contributed by atoms with van der Waals surface area (Å²) < 4.78 is 1.25. The minimum atomic E-state index is 0.253. The molecule has 0 saturated heterocycles. The highest BCUT2D eigenvalue weighted by atomic mass is 35.5. The number of hydrogen-bond acceptors (Lipinski definition) is 3. The second-order valence-electron chi connectivity index (χ2n) is 5.12. The molecule has 0 bridgehead atoms. The van der Waals surface area contributed by atoms with Crippen LogP contribution in [-0.4, -0.2) is 12.0 Å². The lowest BCUT2D eigenvalue weighted by molar-refractivity contribution is 0.588. The molecule has 0 spiro atoms. The maximum atomic E-state index is 6.05. The van der Waals surface area contributed by atoms with E-state index in [9.17, 15) is 0 Å². The summed E-state index contributed by atoms with van der Waals surface area (Å²) in [7, 11) is 1.99. The molecule has 0 radical (unpaired) electrons. The lowest BCUT2D eigenvalue weighted by Crippen LogP contribution is -2.19. The number of likely N-dealkylation sites (N-methyl/N-ethyl adjacent to an activating group) is 1. The fourth-order valence-corrected chi connectivity index (χ4v) is 3.82. The van der Waals surface area contributed by atoms with Crippen molar-refractivity contribution in [3.63, 3.8) is 0 Å². The first-order valence-electron chi connectivity index (χ1n) is 6.95. The molecule has 4 heteroatoms. The topological polar surface area (TPSA) is 24.9 Å². The number of aromatic nitrogens is 1. The third-order valence-electron chi connectivity index (χ3n) is 3.67. The van der Waals surface area contributed by atoms with Crippen molar-refractivity contribution in [2.45, 2.75) is 19.4 Å². The molecule has 2 nitrogen and oxygen atoms in total. The van der Waals surface area contributed by atoms with Gasteiger partial charge in [-0.2, -0.15) is 0 Å². The zero-order chi connectivity index (χ0) is 14.8. The summed E-state index contributed by atoms with van der Waals surface area (Å²) in [4.78, 5) is 4.73. The summed E-state index contributed by atoms with van der Waals surface area (Å²) in [6.07, 6.45) is 0.887. The largest absolute Gasteiger partial charge is 0.313 e. The molecule has 1 aromatic heterocycles. The molecule has 21 heavy (non-hydrogen) atoms. The zero-order valence-electron chi connectivity index (χ0n) is 12.1. The number of nitrogens with zero attached hydrogens (tertiary/aromatic N) is 1. The van der Waals surface area contributed by atoms with E-state index in [4.69, 9.17) is 16.6 Å². The molecule has 3 aromatic rings. The molecule has 0 fully saturated rings. The van der Waals surface area contributed by atoms with Crippen LogP contribution in [0.15, 0.2) is 42.5 Å². The second kappa shape index (κ2) is 6.14. The van der Waals surface area contributed by atoms with Crippen molar-refractivity contribution in [2.75, 3.05) is 7.05 Å². The van der Waals surface area contributed by atoms with Crippen molar-refractivity contribution in [3.8, 4) is 0 Å². The summed E-state index contributed by atoms with van der Waals surface area (Å²) in [6, 6.07) is 14.6. The van der Waals surface area contributed by atoms with Gasteiger partial charge in [-0.25, -0.2) is 4.98 Å². The Morgan fingerprint density at radius 1 is 1.24 bits per heavy atom. The van der Waals surface area contributed by atoms with Gasteiger partial charge in [0.05, 0.1) is 15.2 Å². The molecule has 0 amide bonds. The Bertz CT molecular complexity index is 733. The number of thiazole rings is 1. The molecule has 1 atom stereocenters. The van der Waals surface area contributed by atoms with Gasteiger partial charge in [0, 0.05) is 17.5 Å². The summed E-state index contributed by atoms with van der Waals surface area (Å²) in [5.74, 6) is 0. The van der Waals surface area contributed by atoms with E-state index in [2.05, 4.69) is 36.5 Å². The van der Waals surface area contributed by atoms with Crippen LogP contribution in [0.2, 0.25) is 5.02 Å². The number of aryl methyl sites for hydroxylation is 1. The van der Waals surface area contributed by atoms with E-state index in [1.165, 1.54) is 15.8 Å². The van der Waals surface area contributed by atoms with Gasteiger partial charge in [0.15, 0.2) is 0 Å². The minimum Gasteiger partial charge on any atom is -0.313 e. The van der Waals surface area contributed by atoms with Crippen molar-refractivity contribution < 1.29 is 0 Å². The van der Waals surface area contributed by atoms with Crippen LogP contribution in [0.5, 0.6) is 0 Å². The standard InChI is InChI=1S/C17H17ClN2S/c1-11-9-12(18)7-8-13(11)15(19-2)10-17-20-14-5-3-4-6-16(14)21-17/h3-9,15,19H,10H2,1-2H3. The van der Waals surface area contributed by atoms with Crippen LogP contribution >= 0.6 is 22.9 Å². The van der Waals surface area contributed by atoms with Gasteiger partial charge in [-0.3, -0.25) is 0 Å². The quantitative estimate of drug-likeness (QED) is 0.750. The average Bonchev–Trinajstić information content (AvgIpc) is 2.87. The van der Waals surface area contributed by atoms with Crippen LogP contribution in [0.25, 0.3) is 10.2 Å². The lowest BCUT2D eigenvalue weighted by Gasteiger charge is -2.18. The van der Waals surface area contributed by atoms with Crippen molar-refractivity contribution in [1.82, 2.24) is 10.3 Å². The average molecular weight is 317 g/mol. The first-order valence-corrected chi connectivity index (χ1v) is 8.14. The third-order valence-corrected chi connectivity index (χ3v) is 4.97. The molecule has 0 aliphatic carbocycles. The number of rotatable bonds is 4. The van der Waals surface area contributed by atoms with E-state index < -0.39 is 0 Å². The smallest absolute Gasteiger partial charge is 0.0957 e. The van der Waals surface area contributed by atoms with E-state index in [-0.39, 0.29) is 6.04 Å². The number of fused-ring (bicyclic) bond motifs is 1. The first kappa shape index (κ1) is 14.5.